The molecule has 12 heteroatoms. The van der Waals surface area contributed by atoms with E-state index in [-0.39, 0.29) is 82.1 Å². The van der Waals surface area contributed by atoms with Gasteiger partial charge >= 0.3 is 6.01 Å². The van der Waals surface area contributed by atoms with E-state index in [2.05, 4.69) is 43.9 Å². The van der Waals surface area contributed by atoms with Gasteiger partial charge in [-0.2, -0.15) is 15.2 Å². The molecule has 2 N–H and O–H groups in total. The molecule has 254 valence electrons. The van der Waals surface area contributed by atoms with Gasteiger partial charge in [-0.3, -0.25) is 4.90 Å². The number of aromatic hydroxyl groups is 1. The number of hydrogen-bond donors (Lipinski definition) is 2. The monoisotopic (exact) mass is 677 g/mol. The first-order chi connectivity index (χ1) is 24.3. The quantitative estimate of drug-likeness (QED) is 0.206. The number of aromatic nitrogens is 3. The van der Waals surface area contributed by atoms with Crippen LogP contribution in [-0.4, -0.2) is 81.5 Å². The number of pyridine rings is 1. The summed E-state index contributed by atoms with van der Waals surface area (Å²) >= 11 is 0. The Morgan fingerprint density at radius 3 is 2.68 bits per heavy atom. The van der Waals surface area contributed by atoms with Crippen LogP contribution in [0.15, 0.2) is 24.3 Å². The van der Waals surface area contributed by atoms with E-state index in [9.17, 15) is 9.50 Å². The van der Waals surface area contributed by atoms with Crippen LogP contribution in [0.4, 0.5) is 19.0 Å². The lowest BCUT2D eigenvalue weighted by molar-refractivity contribution is 0.107. The van der Waals surface area contributed by atoms with E-state index in [0.29, 0.717) is 37.3 Å². The molecule has 2 aromatic heterocycles. The minimum absolute atomic E-state index is 0.0579. The van der Waals surface area contributed by atoms with E-state index >= 15 is 8.78 Å². The number of rotatable bonds is 6. The van der Waals surface area contributed by atoms with E-state index in [1.807, 2.05) is 0 Å². The molecule has 50 heavy (non-hydrogen) atoms. The summed E-state index contributed by atoms with van der Waals surface area (Å²) in [5.74, 6) is 7.09. The van der Waals surface area contributed by atoms with Gasteiger partial charge < -0.3 is 20.1 Å². The number of anilines is 1. The third-order valence-electron chi connectivity index (χ3n) is 10.5. The lowest BCUT2D eigenvalue weighted by atomic mass is 9.95. The van der Waals surface area contributed by atoms with Crippen LogP contribution in [0.3, 0.4) is 0 Å². The zero-order valence-electron chi connectivity index (χ0n) is 27.3. The highest BCUT2D eigenvalue weighted by Crippen LogP contribution is 2.42. The van der Waals surface area contributed by atoms with Gasteiger partial charge in [-0.1, -0.05) is 17.9 Å². The minimum atomic E-state index is -0.952. The summed E-state index contributed by atoms with van der Waals surface area (Å²) in [5.41, 5.74) is -0.716. The standard InChI is InChI=1S/C38H34F3N7O2/c1-2-27-29(40)11-8-22-15-26(49)16-28(31(22)27)34-33(41)35-32(30(44-34)7-4-3-5-13-42)36(47-19-24-9-10-25(20-47)43-24)46-37(45-35)50-21-38-12-6-14-48(38)18-23(39)17-38/h1,8,11,15-16,23-25,43,49H,3,5-6,9-10,12,14,17-21H2/t23-,24?,25?,38+/m1/s1. The van der Waals surface area contributed by atoms with E-state index in [0.717, 1.165) is 32.2 Å². The Morgan fingerprint density at radius 1 is 1.08 bits per heavy atom. The Bertz CT molecular complexity index is 2180. The maximum atomic E-state index is 17.3. The fraction of sp³-hybridized carbons (Fsp3) is 0.421. The Morgan fingerprint density at radius 2 is 1.90 bits per heavy atom. The third kappa shape index (κ3) is 5.51. The molecular weight excluding hydrogens is 643 g/mol. The van der Waals surface area contributed by atoms with Crippen molar-refractivity contribution < 1.29 is 23.0 Å². The van der Waals surface area contributed by atoms with Crippen LogP contribution < -0.4 is 15.0 Å². The topological polar surface area (TPSA) is 110 Å². The molecule has 2 unspecified atom stereocenters. The lowest BCUT2D eigenvalue weighted by Gasteiger charge is -2.35. The van der Waals surface area contributed by atoms with Gasteiger partial charge in [0.2, 0.25) is 0 Å². The van der Waals surface area contributed by atoms with Crippen LogP contribution in [-0.2, 0) is 0 Å². The number of nitriles is 1. The number of nitrogens with one attached hydrogen (secondary N) is 1. The number of hydrogen-bond acceptors (Lipinski definition) is 9. The zero-order valence-corrected chi connectivity index (χ0v) is 27.3. The Balaban J connectivity index is 1.36. The van der Waals surface area contributed by atoms with Crippen LogP contribution in [0.5, 0.6) is 11.8 Å². The second-order valence-corrected chi connectivity index (χ2v) is 13.7. The average molecular weight is 678 g/mol. The lowest BCUT2D eigenvalue weighted by Crippen LogP contribution is -2.51. The number of terminal acetylenes is 1. The molecule has 8 rings (SSSR count). The Kier molecular flexibility index (Phi) is 8.14. The maximum Gasteiger partial charge on any atom is 0.319 e. The van der Waals surface area contributed by atoms with Crippen molar-refractivity contribution in [3.05, 3.63) is 47.2 Å². The molecule has 4 aromatic rings. The molecule has 0 radical (unpaired) electrons. The highest BCUT2D eigenvalue weighted by atomic mass is 19.1. The van der Waals surface area contributed by atoms with Gasteiger partial charge in [-0.15, -0.1) is 6.42 Å². The first-order valence-electron chi connectivity index (χ1n) is 17.0. The number of halogens is 3. The van der Waals surface area contributed by atoms with Crippen LogP contribution in [0, 0.1) is 47.2 Å². The molecule has 4 aliphatic rings. The molecule has 4 atom stereocenters. The molecular formula is C38H34F3N7O2. The number of phenolic OH excluding ortho intramolecular Hbond substituents is 1. The second-order valence-electron chi connectivity index (χ2n) is 13.7. The normalized spacial score (nSPS) is 24.2. The van der Waals surface area contributed by atoms with Crippen LogP contribution in [0.25, 0.3) is 32.9 Å². The van der Waals surface area contributed by atoms with Crippen molar-refractivity contribution in [1.82, 2.24) is 25.2 Å². The summed E-state index contributed by atoms with van der Waals surface area (Å²) in [5, 5.41) is 24.3. The van der Waals surface area contributed by atoms with Gasteiger partial charge in [0.15, 0.2) is 5.82 Å². The molecule has 2 bridgehead atoms. The smallest absolute Gasteiger partial charge is 0.319 e. The van der Waals surface area contributed by atoms with Crippen LogP contribution in [0.1, 0.15) is 56.2 Å². The predicted octanol–water partition coefficient (Wildman–Crippen LogP) is 5.36. The van der Waals surface area contributed by atoms with Gasteiger partial charge in [-0.05, 0) is 61.7 Å². The van der Waals surface area contributed by atoms with Gasteiger partial charge in [0.1, 0.15) is 47.1 Å². The molecule has 4 saturated heterocycles. The Hall–Kier alpha value is -5.09. The third-order valence-corrected chi connectivity index (χ3v) is 10.5. The molecule has 4 fully saturated rings. The maximum absolute atomic E-state index is 17.3. The Labute approximate surface area is 287 Å². The molecule has 0 aliphatic carbocycles. The summed E-state index contributed by atoms with van der Waals surface area (Å²) in [7, 11) is 0. The van der Waals surface area contributed by atoms with Crippen molar-refractivity contribution in [2.45, 2.75) is 68.7 Å². The van der Waals surface area contributed by atoms with Gasteiger partial charge in [0, 0.05) is 61.9 Å². The number of ether oxygens (including phenoxy) is 1. The van der Waals surface area contributed by atoms with Crippen molar-refractivity contribution in [1.29, 1.82) is 5.26 Å². The number of nitrogens with zero attached hydrogens (tertiary/aromatic N) is 6. The molecule has 6 heterocycles. The largest absolute Gasteiger partial charge is 0.508 e. The van der Waals surface area contributed by atoms with E-state index < -0.39 is 23.3 Å². The summed E-state index contributed by atoms with van der Waals surface area (Å²) in [6.45, 7) is 2.50. The van der Waals surface area contributed by atoms with Crippen LogP contribution >= 0.6 is 0 Å². The van der Waals surface area contributed by atoms with E-state index in [4.69, 9.17) is 26.4 Å². The van der Waals surface area contributed by atoms with Crippen LogP contribution in [0.2, 0.25) is 0 Å². The highest BCUT2D eigenvalue weighted by molar-refractivity contribution is 6.04. The number of phenols is 1. The molecule has 0 spiro atoms. The fourth-order valence-corrected chi connectivity index (χ4v) is 8.33. The number of fused-ring (bicyclic) bond motifs is 5. The highest BCUT2D eigenvalue weighted by Gasteiger charge is 2.49. The van der Waals surface area contributed by atoms with Crippen molar-refractivity contribution in [3.63, 3.8) is 0 Å². The fourth-order valence-electron chi connectivity index (χ4n) is 8.33. The molecule has 9 nitrogen and oxygen atoms in total. The van der Waals surface area contributed by atoms with E-state index in [1.54, 1.807) is 0 Å². The summed E-state index contributed by atoms with van der Waals surface area (Å²) < 4.78 is 53.2. The number of unbranched alkanes of at least 4 members (excludes halogenated alkanes) is 1. The van der Waals surface area contributed by atoms with Gasteiger partial charge in [-0.25, -0.2) is 18.2 Å². The molecule has 0 amide bonds. The summed E-state index contributed by atoms with van der Waals surface area (Å²) in [4.78, 5) is 18.4. The van der Waals surface area contributed by atoms with Crippen molar-refractivity contribution in [2.24, 2.45) is 0 Å². The number of alkyl halides is 1. The second kappa shape index (κ2) is 12.7. The van der Waals surface area contributed by atoms with E-state index in [1.165, 1.54) is 24.3 Å². The van der Waals surface area contributed by atoms with Crippen molar-refractivity contribution in [3.8, 4) is 53.3 Å². The molecule has 2 aromatic carbocycles. The number of piperazine rings is 1. The first-order valence-corrected chi connectivity index (χ1v) is 17.0. The van der Waals surface area contributed by atoms with Gasteiger partial charge in [0.05, 0.1) is 22.6 Å². The van der Waals surface area contributed by atoms with Gasteiger partial charge in [0.25, 0.3) is 0 Å². The average Bonchev–Trinajstić information content (AvgIpc) is 3.76. The molecule has 4 aliphatic heterocycles. The summed E-state index contributed by atoms with van der Waals surface area (Å²) in [6.07, 6.45) is 9.26. The number of benzene rings is 2. The molecule has 0 saturated carbocycles. The zero-order chi connectivity index (χ0) is 34.6. The first kappa shape index (κ1) is 32.1. The SMILES string of the molecule is C#Cc1c(F)ccc2cc(O)cc(-c3nc(C#CCCC#N)c4c(N5CC6CCC(C5)N6)nc(OC[C@@]56CCCN5C[C@H](F)C6)nc4c3F)c12. The minimum Gasteiger partial charge on any atom is -0.508 e. The van der Waals surface area contributed by atoms with Crippen molar-refractivity contribution >= 4 is 27.5 Å². The predicted molar refractivity (Wildman–Crippen MR) is 182 cm³/mol. The van der Waals surface area contributed by atoms with Crippen molar-refractivity contribution in [2.75, 3.05) is 37.7 Å². The summed E-state index contributed by atoms with van der Waals surface area (Å²) in [6, 6.07) is 7.81.